The average Bonchev–Trinajstić information content (AvgIpc) is 2.63. The normalized spacial score (nSPS) is 20.6. The van der Waals surface area contributed by atoms with Gasteiger partial charge >= 0.3 is 0 Å². The number of hydrogen-bond acceptors (Lipinski definition) is 4. The summed E-state index contributed by atoms with van der Waals surface area (Å²) >= 11 is 0. The first-order valence-corrected chi connectivity index (χ1v) is 6.57. The zero-order valence-corrected chi connectivity index (χ0v) is 10.8. The van der Waals surface area contributed by atoms with Gasteiger partial charge in [-0.25, -0.2) is 4.98 Å². The Morgan fingerprint density at radius 3 is 2.89 bits per heavy atom. The molecule has 98 valence electrons. The molecular formula is C14H20N2O2. The fourth-order valence-corrected chi connectivity index (χ4v) is 2.43. The van der Waals surface area contributed by atoms with Crippen LogP contribution in [0.3, 0.4) is 0 Å². The molecule has 0 aromatic carbocycles. The van der Waals surface area contributed by atoms with Gasteiger partial charge in [0.15, 0.2) is 5.78 Å². The first-order chi connectivity index (χ1) is 8.72. The van der Waals surface area contributed by atoms with Crippen LogP contribution in [0.25, 0.3) is 0 Å². The molecule has 1 aromatic heterocycles. The maximum Gasteiger partial charge on any atom is 0.161 e. The van der Waals surface area contributed by atoms with Crippen molar-refractivity contribution >= 4 is 11.6 Å². The molecule has 1 aromatic rings. The second kappa shape index (κ2) is 5.96. The van der Waals surface area contributed by atoms with Crippen LogP contribution in [0.2, 0.25) is 0 Å². The van der Waals surface area contributed by atoms with Crippen LogP contribution >= 0.6 is 0 Å². The number of anilines is 1. The second-order valence-corrected chi connectivity index (χ2v) is 4.84. The molecule has 2 rings (SSSR count). The Labute approximate surface area is 108 Å². The minimum Gasteiger partial charge on any atom is -0.394 e. The van der Waals surface area contributed by atoms with Gasteiger partial charge in [-0.2, -0.15) is 0 Å². The standard InChI is InChI=1S/C14H20N2O2/c1-11(18)12-6-7-14(15-9-12)16-8-4-2-3-5-13(16)10-17/h6-7,9,13,17H,2-5,8,10H2,1H3. The summed E-state index contributed by atoms with van der Waals surface area (Å²) in [6.45, 7) is 2.63. The highest BCUT2D eigenvalue weighted by atomic mass is 16.3. The van der Waals surface area contributed by atoms with E-state index in [1.165, 1.54) is 6.42 Å². The fraction of sp³-hybridized carbons (Fsp3) is 0.571. The van der Waals surface area contributed by atoms with Crippen LogP contribution in [0.1, 0.15) is 43.0 Å². The molecule has 0 saturated carbocycles. The lowest BCUT2D eigenvalue weighted by molar-refractivity contribution is 0.101. The van der Waals surface area contributed by atoms with Gasteiger partial charge in [-0.1, -0.05) is 12.8 Å². The van der Waals surface area contributed by atoms with Gasteiger partial charge in [0, 0.05) is 18.3 Å². The van der Waals surface area contributed by atoms with Crippen LogP contribution in [0.15, 0.2) is 18.3 Å². The van der Waals surface area contributed by atoms with Gasteiger partial charge in [-0.3, -0.25) is 4.79 Å². The number of aliphatic hydroxyl groups is 1. The van der Waals surface area contributed by atoms with Crippen molar-refractivity contribution < 1.29 is 9.90 Å². The molecular weight excluding hydrogens is 228 g/mol. The summed E-state index contributed by atoms with van der Waals surface area (Å²) < 4.78 is 0. The van der Waals surface area contributed by atoms with E-state index in [0.29, 0.717) is 5.56 Å². The van der Waals surface area contributed by atoms with Crippen molar-refractivity contribution in [3.8, 4) is 0 Å². The van der Waals surface area contributed by atoms with Gasteiger partial charge in [0.1, 0.15) is 5.82 Å². The summed E-state index contributed by atoms with van der Waals surface area (Å²) in [7, 11) is 0. The third kappa shape index (κ3) is 2.88. The van der Waals surface area contributed by atoms with Crippen LogP contribution in [-0.2, 0) is 0 Å². The molecule has 1 N–H and O–H groups in total. The topological polar surface area (TPSA) is 53.4 Å². The minimum absolute atomic E-state index is 0.0311. The van der Waals surface area contributed by atoms with Gasteiger partial charge in [0.2, 0.25) is 0 Å². The zero-order valence-electron chi connectivity index (χ0n) is 10.8. The van der Waals surface area contributed by atoms with E-state index in [-0.39, 0.29) is 18.4 Å². The number of carbonyl (C=O) groups is 1. The molecule has 4 heteroatoms. The summed E-state index contributed by atoms with van der Waals surface area (Å²) in [6, 6.07) is 3.84. The highest BCUT2D eigenvalue weighted by molar-refractivity contribution is 5.93. The molecule has 1 saturated heterocycles. The van der Waals surface area contributed by atoms with Crippen LogP contribution in [0, 0.1) is 0 Å². The molecule has 0 amide bonds. The van der Waals surface area contributed by atoms with Crippen molar-refractivity contribution in [3.05, 3.63) is 23.9 Å². The molecule has 0 aliphatic carbocycles. The fourth-order valence-electron chi connectivity index (χ4n) is 2.43. The van der Waals surface area contributed by atoms with E-state index in [1.54, 1.807) is 13.1 Å². The maximum atomic E-state index is 11.2. The number of carbonyl (C=O) groups excluding carboxylic acids is 1. The van der Waals surface area contributed by atoms with Gasteiger partial charge in [-0.15, -0.1) is 0 Å². The monoisotopic (exact) mass is 248 g/mol. The van der Waals surface area contributed by atoms with Crippen molar-refractivity contribution in [2.24, 2.45) is 0 Å². The lowest BCUT2D eigenvalue weighted by atomic mass is 10.1. The lowest BCUT2D eigenvalue weighted by Gasteiger charge is -2.29. The second-order valence-electron chi connectivity index (χ2n) is 4.84. The van der Waals surface area contributed by atoms with Gasteiger partial charge < -0.3 is 10.0 Å². The molecule has 2 heterocycles. The molecule has 1 aliphatic heterocycles. The molecule has 1 fully saturated rings. The van der Waals surface area contributed by atoms with E-state index in [2.05, 4.69) is 9.88 Å². The number of nitrogens with zero attached hydrogens (tertiary/aromatic N) is 2. The number of aromatic nitrogens is 1. The third-order valence-electron chi connectivity index (χ3n) is 3.54. The van der Waals surface area contributed by atoms with Gasteiger partial charge in [0.05, 0.1) is 12.6 Å². The number of aliphatic hydroxyl groups excluding tert-OH is 1. The Morgan fingerprint density at radius 1 is 1.44 bits per heavy atom. The van der Waals surface area contributed by atoms with E-state index in [4.69, 9.17) is 0 Å². The van der Waals surface area contributed by atoms with Crippen LogP contribution in [-0.4, -0.2) is 35.1 Å². The lowest BCUT2D eigenvalue weighted by Crippen LogP contribution is -2.38. The number of hydrogen-bond donors (Lipinski definition) is 1. The van der Waals surface area contributed by atoms with E-state index in [1.807, 2.05) is 12.1 Å². The first kappa shape index (κ1) is 13.0. The highest BCUT2D eigenvalue weighted by Crippen LogP contribution is 2.22. The third-order valence-corrected chi connectivity index (χ3v) is 3.54. The smallest absolute Gasteiger partial charge is 0.161 e. The Bertz CT molecular complexity index is 403. The average molecular weight is 248 g/mol. The predicted octanol–water partition coefficient (Wildman–Crippen LogP) is 2.03. The van der Waals surface area contributed by atoms with E-state index < -0.39 is 0 Å². The number of rotatable bonds is 3. The molecule has 0 radical (unpaired) electrons. The molecule has 1 aliphatic rings. The summed E-state index contributed by atoms with van der Waals surface area (Å²) in [6.07, 6.45) is 6.13. The number of pyridine rings is 1. The van der Waals surface area contributed by atoms with Gasteiger partial charge in [0.25, 0.3) is 0 Å². The van der Waals surface area contributed by atoms with Crippen molar-refractivity contribution in [1.82, 2.24) is 4.98 Å². The molecule has 4 nitrogen and oxygen atoms in total. The predicted molar refractivity (Wildman–Crippen MR) is 70.9 cm³/mol. The van der Waals surface area contributed by atoms with Crippen molar-refractivity contribution in [2.75, 3.05) is 18.1 Å². The Hall–Kier alpha value is -1.42. The summed E-state index contributed by atoms with van der Waals surface area (Å²) in [5.41, 5.74) is 0.633. The van der Waals surface area contributed by atoms with E-state index >= 15 is 0 Å². The van der Waals surface area contributed by atoms with E-state index in [9.17, 15) is 9.90 Å². The number of Topliss-reactive ketones (excluding diaryl/α,β-unsaturated/α-hetero) is 1. The Kier molecular flexibility index (Phi) is 4.31. The Balaban J connectivity index is 2.19. The highest BCUT2D eigenvalue weighted by Gasteiger charge is 2.21. The SMILES string of the molecule is CC(=O)c1ccc(N2CCCCCC2CO)nc1. The molecule has 1 atom stereocenters. The quantitative estimate of drug-likeness (QED) is 0.832. The largest absolute Gasteiger partial charge is 0.394 e. The van der Waals surface area contributed by atoms with Crippen molar-refractivity contribution in [2.45, 2.75) is 38.6 Å². The Morgan fingerprint density at radius 2 is 2.28 bits per heavy atom. The number of ketones is 1. The van der Waals surface area contributed by atoms with Crippen molar-refractivity contribution in [3.63, 3.8) is 0 Å². The molecule has 0 bridgehead atoms. The molecule has 1 unspecified atom stereocenters. The van der Waals surface area contributed by atoms with Gasteiger partial charge in [-0.05, 0) is 31.9 Å². The van der Waals surface area contributed by atoms with Crippen molar-refractivity contribution in [1.29, 1.82) is 0 Å². The van der Waals surface area contributed by atoms with Crippen LogP contribution < -0.4 is 4.90 Å². The molecule has 0 spiro atoms. The first-order valence-electron chi connectivity index (χ1n) is 6.57. The van der Waals surface area contributed by atoms with Crippen LogP contribution in [0.5, 0.6) is 0 Å². The minimum atomic E-state index is 0.0311. The van der Waals surface area contributed by atoms with E-state index in [0.717, 1.165) is 31.6 Å². The summed E-state index contributed by atoms with van der Waals surface area (Å²) in [5, 5.41) is 9.47. The summed E-state index contributed by atoms with van der Waals surface area (Å²) in [4.78, 5) is 17.7. The summed E-state index contributed by atoms with van der Waals surface area (Å²) in [5.74, 6) is 0.893. The molecule has 18 heavy (non-hydrogen) atoms. The van der Waals surface area contributed by atoms with Crippen LogP contribution in [0.4, 0.5) is 5.82 Å². The zero-order chi connectivity index (χ0) is 13.0. The maximum absolute atomic E-state index is 11.2.